The fourth-order valence-corrected chi connectivity index (χ4v) is 14.0. The summed E-state index contributed by atoms with van der Waals surface area (Å²) in [5, 5.41) is 24.7. The van der Waals surface area contributed by atoms with Crippen molar-refractivity contribution in [3.63, 3.8) is 0 Å². The molecular formula is C83H91Cl13N8O12. The number of hydrogen-bond donors (Lipinski definition) is 3. The lowest BCUT2D eigenvalue weighted by Gasteiger charge is -2.16. The molecule has 0 aliphatic rings. The Bertz CT molecular complexity index is 4930. The van der Waals surface area contributed by atoms with E-state index in [0.29, 0.717) is 133 Å². The van der Waals surface area contributed by atoms with Crippen LogP contribution in [0.4, 0.5) is 0 Å². The maximum Gasteiger partial charge on any atom is 0.373 e. The molecule has 0 aliphatic heterocycles. The van der Waals surface area contributed by atoms with Gasteiger partial charge in [0, 0.05) is 124 Å². The van der Waals surface area contributed by atoms with Crippen LogP contribution in [0.15, 0.2) is 95.8 Å². The van der Waals surface area contributed by atoms with Crippen molar-refractivity contribution in [3.8, 4) is 0 Å². The first kappa shape index (κ1) is 102. The Balaban J connectivity index is 0.000000297. The number of halogens is 13. The lowest BCUT2D eigenvalue weighted by molar-refractivity contribution is -0.150. The largest absolute Gasteiger partial charge is 0.475 e. The summed E-state index contributed by atoms with van der Waals surface area (Å²) in [5.74, 6) is -1.95. The van der Waals surface area contributed by atoms with Crippen LogP contribution in [-0.2, 0) is 90.1 Å². The molecule has 4 heterocycles. The highest BCUT2D eigenvalue weighted by molar-refractivity contribution is 6.38. The number of benzene rings is 5. The minimum Gasteiger partial charge on any atom is -0.475 e. The van der Waals surface area contributed by atoms with E-state index in [0.717, 1.165) is 50.5 Å². The molecule has 626 valence electrons. The molecule has 1 atom stereocenters. The van der Waals surface area contributed by atoms with Crippen LogP contribution >= 0.6 is 151 Å². The van der Waals surface area contributed by atoms with Crippen molar-refractivity contribution in [1.29, 1.82) is 0 Å². The van der Waals surface area contributed by atoms with Gasteiger partial charge in [-0.2, -0.15) is 0 Å². The summed E-state index contributed by atoms with van der Waals surface area (Å²) in [6.45, 7) is 23.4. The molecule has 9 aromatic rings. The monoisotopic (exact) mass is 1850 g/mol. The van der Waals surface area contributed by atoms with E-state index in [9.17, 15) is 33.9 Å². The number of aromatic nitrogens is 8. The molecule has 20 nitrogen and oxygen atoms in total. The van der Waals surface area contributed by atoms with Gasteiger partial charge in [-0.05, 0) is 119 Å². The van der Waals surface area contributed by atoms with Gasteiger partial charge >= 0.3 is 17.9 Å². The van der Waals surface area contributed by atoms with Gasteiger partial charge in [-0.25, -0.2) is 39.7 Å². The zero-order chi connectivity index (χ0) is 87.3. The Labute approximate surface area is 741 Å². The molecule has 9 rings (SSSR count). The summed E-state index contributed by atoms with van der Waals surface area (Å²) in [7, 11) is 5.71. The number of H-pyrrole nitrogens is 1. The number of carboxylic acids is 1. The maximum absolute atomic E-state index is 12.4. The lowest BCUT2D eigenvalue weighted by atomic mass is 9.89. The molecule has 33 heteroatoms. The van der Waals surface area contributed by atoms with Crippen LogP contribution in [0.1, 0.15) is 214 Å². The summed E-state index contributed by atoms with van der Waals surface area (Å²) in [6, 6.07) is 26.2. The number of methoxy groups -OCH3 is 4. The number of nitrogens with one attached hydrogen (secondary N) is 1. The maximum atomic E-state index is 12.4. The SMILES string of the molecule is CC(C)c1nc(C(=O)O)nc(Cl)c1Cc1ccc(Cl)cc1Cl.CC(C)c1nc(CO)nc(Cl)c1Cc1ccc(Cl)cc1Cl.COC(=O)C(Cc1ccc(Cl)cc1Cl)C(=O)C(C)C.COC(=O)CC(=O)C(C)C.COCc1nc(C(C)C)c(Cc2ccc(Cl)cc2Cl)c(=O)[nH]1.COCc1nc(Cl)c(Cc2ccc(Cl)cc2Cl)c(C(C)C)n1. The molecule has 0 radical (unpaired) electrons. The van der Waals surface area contributed by atoms with Gasteiger partial charge in [-0.1, -0.05) is 264 Å². The number of carbonyl (C=O) groups excluding carboxylic acids is 4. The first-order valence-corrected chi connectivity index (χ1v) is 40.9. The quantitative estimate of drug-likeness (QED) is 0.0258. The fraction of sp³-hybridized carbons (Fsp3) is 0.386. The van der Waals surface area contributed by atoms with E-state index in [1.54, 1.807) is 109 Å². The molecular weight excluding hydrogens is 1760 g/mol. The highest BCUT2D eigenvalue weighted by Crippen LogP contribution is 2.35. The van der Waals surface area contributed by atoms with Crippen molar-refractivity contribution in [2.75, 3.05) is 28.4 Å². The minimum absolute atomic E-state index is 0.000300. The van der Waals surface area contributed by atoms with Gasteiger partial charge in [0.05, 0.1) is 37.0 Å². The van der Waals surface area contributed by atoms with Gasteiger partial charge in [-0.3, -0.25) is 24.0 Å². The third kappa shape index (κ3) is 32.3. The number of hydrogen-bond acceptors (Lipinski definition) is 18. The second-order valence-corrected chi connectivity index (χ2v) is 33.0. The summed E-state index contributed by atoms with van der Waals surface area (Å²) in [5.41, 5.74) is 10.2. The number of carboxylic acid groups (broad SMARTS) is 1. The third-order valence-corrected chi connectivity index (χ3v) is 20.7. The summed E-state index contributed by atoms with van der Waals surface area (Å²) in [6.07, 6.45) is 2.03. The zero-order valence-electron chi connectivity index (χ0n) is 66.6. The molecule has 0 fully saturated rings. The van der Waals surface area contributed by atoms with Crippen LogP contribution in [0.2, 0.25) is 65.7 Å². The summed E-state index contributed by atoms with van der Waals surface area (Å²) in [4.78, 5) is 101. The molecule has 5 aromatic carbocycles. The average Bonchev–Trinajstić information content (AvgIpc) is 0.826. The number of aromatic amines is 1. The second-order valence-electron chi connectivity index (χ2n) is 27.7. The number of nitrogens with zero attached hydrogens (tertiary/aromatic N) is 7. The summed E-state index contributed by atoms with van der Waals surface area (Å²) < 4.78 is 19.1. The number of Topliss-reactive ketones (excluding diaryl/α,β-unsaturated/α-hetero) is 2. The molecule has 1 unspecified atom stereocenters. The number of aromatic carboxylic acids is 1. The molecule has 116 heavy (non-hydrogen) atoms. The number of ketones is 2. The van der Waals surface area contributed by atoms with Crippen molar-refractivity contribution in [2.24, 2.45) is 17.8 Å². The smallest absolute Gasteiger partial charge is 0.373 e. The predicted octanol–water partition coefficient (Wildman–Crippen LogP) is 23.1. The van der Waals surface area contributed by atoms with Crippen molar-refractivity contribution in [3.05, 3.63) is 263 Å². The van der Waals surface area contributed by atoms with Crippen LogP contribution in [-0.4, -0.2) is 108 Å². The average molecular weight is 1850 g/mol. The van der Waals surface area contributed by atoms with Gasteiger partial charge in [0.25, 0.3) is 5.56 Å². The molecule has 0 spiro atoms. The molecule has 0 saturated heterocycles. The molecule has 0 bridgehead atoms. The van der Waals surface area contributed by atoms with Gasteiger partial charge in [0.1, 0.15) is 65.0 Å². The standard InChI is InChI=1S/C16H17Cl3N2O.C16H18Cl2N2O2.C15H13Cl3N2O2.C15H15Cl3N2O.C14H16Cl2O3.C7H12O3/c1-9(2)15-12(16(19)21-14(20-15)8-22-3)6-10-4-5-11(17)7-13(10)18;1-9(2)15-12(16(21)20-14(19-15)8-22-3)6-10-4-5-11(17)7-13(10)18;1-7(2)12-10(13(18)20-14(19-12)15(21)22)5-8-3-4-9(16)6-11(8)17;1-8(2)14-11(15(18)20-13(7-21)19-14)5-9-3-4-10(16)6-12(9)17;1-8(2)13(17)11(14(18)19-3)6-9-4-5-10(15)7-12(9)16;1-5(2)6(8)4-7(9)10-3/h4-5,7,9H,6,8H2,1-3H3;4-5,7,9H,6,8H2,1-3H3,(H,19,20,21);3-4,6-7H,5H2,1-2H3,(H,21,22);3-4,6,8,21H,5,7H2,1-2H3;4-5,7-8,11H,6H2,1-3H3;5H,4H2,1-3H3. The van der Waals surface area contributed by atoms with Crippen LogP contribution in [0, 0.1) is 17.8 Å². The summed E-state index contributed by atoms with van der Waals surface area (Å²) >= 11 is 79.2. The molecule has 0 aliphatic carbocycles. The van der Waals surface area contributed by atoms with Crippen LogP contribution in [0.25, 0.3) is 0 Å². The van der Waals surface area contributed by atoms with E-state index in [1.807, 2.05) is 65.8 Å². The lowest BCUT2D eigenvalue weighted by Crippen LogP contribution is -2.30. The van der Waals surface area contributed by atoms with E-state index in [-0.39, 0.29) is 89.7 Å². The Hall–Kier alpha value is -6.38. The normalized spacial score (nSPS) is 11.2. The van der Waals surface area contributed by atoms with Crippen LogP contribution < -0.4 is 5.56 Å². The topological polar surface area (TPSA) is 286 Å². The van der Waals surface area contributed by atoms with Gasteiger partial charge < -0.3 is 34.1 Å². The zero-order valence-corrected chi connectivity index (χ0v) is 76.4. The second kappa shape index (κ2) is 50.0. The van der Waals surface area contributed by atoms with Gasteiger partial charge in [0.15, 0.2) is 11.6 Å². The van der Waals surface area contributed by atoms with Gasteiger partial charge in [-0.15, -0.1) is 0 Å². The van der Waals surface area contributed by atoms with E-state index in [1.165, 1.54) is 14.2 Å². The van der Waals surface area contributed by atoms with Crippen molar-refractivity contribution in [1.82, 2.24) is 39.9 Å². The van der Waals surface area contributed by atoms with Crippen molar-refractivity contribution in [2.45, 2.75) is 165 Å². The van der Waals surface area contributed by atoms with E-state index < -0.39 is 23.8 Å². The number of rotatable bonds is 26. The van der Waals surface area contributed by atoms with Crippen molar-refractivity contribution >= 4 is 180 Å². The Morgan fingerprint density at radius 2 is 0.759 bits per heavy atom. The molecule has 3 N–H and O–H groups in total. The Kier molecular flexibility index (Phi) is 44.0. The highest BCUT2D eigenvalue weighted by atomic mass is 35.5. The van der Waals surface area contributed by atoms with Crippen LogP contribution in [0.5, 0.6) is 0 Å². The number of aliphatic hydroxyl groups excluding tert-OH is 1. The predicted molar refractivity (Wildman–Crippen MR) is 466 cm³/mol. The number of carbonyl (C=O) groups is 5. The number of ether oxygens (including phenoxy) is 4. The molecule has 4 aromatic heterocycles. The van der Waals surface area contributed by atoms with E-state index >= 15 is 0 Å². The number of aliphatic hydroxyl groups is 1. The van der Waals surface area contributed by atoms with Crippen LogP contribution in [0.3, 0.4) is 0 Å². The molecule has 0 saturated carbocycles. The first-order chi connectivity index (χ1) is 54.5. The highest BCUT2D eigenvalue weighted by Gasteiger charge is 2.31. The fourth-order valence-electron chi connectivity index (χ4n) is 10.8. The Morgan fingerprint density at radius 1 is 0.414 bits per heavy atom. The van der Waals surface area contributed by atoms with E-state index in [4.69, 9.17) is 170 Å². The Morgan fingerprint density at radius 3 is 1.09 bits per heavy atom. The first-order valence-electron chi connectivity index (χ1n) is 36.0. The number of esters is 2. The van der Waals surface area contributed by atoms with Gasteiger partial charge in [0.2, 0.25) is 5.82 Å². The third-order valence-electron chi connectivity index (χ3n) is 16.8. The van der Waals surface area contributed by atoms with Crippen molar-refractivity contribution < 1.29 is 53.1 Å². The van der Waals surface area contributed by atoms with E-state index in [2.05, 4.69) is 58.5 Å². The molecule has 0 amide bonds. The minimum atomic E-state index is -1.21.